The van der Waals surface area contributed by atoms with E-state index in [1.165, 1.54) is 10.5 Å². The van der Waals surface area contributed by atoms with Crippen LogP contribution in [0.15, 0.2) is 53.5 Å². The van der Waals surface area contributed by atoms with Crippen LogP contribution in [0.1, 0.15) is 22.4 Å². The predicted molar refractivity (Wildman–Crippen MR) is 90.9 cm³/mol. The van der Waals surface area contributed by atoms with Crippen LogP contribution in [0.2, 0.25) is 0 Å². The van der Waals surface area contributed by atoms with Crippen LogP contribution in [0.3, 0.4) is 0 Å². The Morgan fingerprint density at radius 1 is 1.08 bits per heavy atom. The number of fused-ring (bicyclic) bond motifs is 1. The van der Waals surface area contributed by atoms with Crippen LogP contribution < -0.4 is 5.56 Å². The molecule has 2 aromatic heterocycles. The van der Waals surface area contributed by atoms with Crippen LogP contribution in [-0.4, -0.2) is 15.4 Å². The number of nitrogens with zero attached hydrogens (tertiary/aromatic N) is 2. The van der Waals surface area contributed by atoms with Gasteiger partial charge >= 0.3 is 5.97 Å². The zero-order valence-electron chi connectivity index (χ0n) is 13.7. The van der Waals surface area contributed by atoms with Crippen molar-refractivity contribution in [3.63, 3.8) is 0 Å². The average Bonchev–Trinajstić information content (AvgIpc) is 2.56. The van der Waals surface area contributed by atoms with Crippen molar-refractivity contribution < 1.29 is 9.53 Å². The summed E-state index contributed by atoms with van der Waals surface area (Å²) in [5.41, 5.74) is 3.81. The molecule has 0 aliphatic rings. The van der Waals surface area contributed by atoms with Gasteiger partial charge in [0.05, 0.1) is 12.1 Å². The molecule has 1 aromatic carbocycles. The highest BCUT2D eigenvalue weighted by Gasteiger charge is 2.08. The third-order valence-electron chi connectivity index (χ3n) is 3.71. The number of carbonyl (C=O) groups is 1. The Hall–Kier alpha value is -2.95. The van der Waals surface area contributed by atoms with Gasteiger partial charge in [-0.2, -0.15) is 0 Å². The molecule has 0 radical (unpaired) electrons. The molecule has 0 saturated carbocycles. The summed E-state index contributed by atoms with van der Waals surface area (Å²) in [5, 5.41) is 0. The van der Waals surface area contributed by atoms with Crippen LogP contribution in [0.4, 0.5) is 0 Å². The summed E-state index contributed by atoms with van der Waals surface area (Å²) in [5.74, 6) is -0.343. The first kappa shape index (κ1) is 15.9. The number of ether oxygens (including phenoxy) is 1. The van der Waals surface area contributed by atoms with Gasteiger partial charge in [0.2, 0.25) is 0 Å². The molecule has 0 aliphatic heterocycles. The van der Waals surface area contributed by atoms with Gasteiger partial charge in [-0.3, -0.25) is 14.0 Å². The van der Waals surface area contributed by atoms with Gasteiger partial charge in [-0.05, 0) is 31.0 Å². The van der Waals surface area contributed by atoms with Crippen LogP contribution in [-0.2, 0) is 22.6 Å². The molecule has 5 heteroatoms. The molecule has 2 heterocycles. The van der Waals surface area contributed by atoms with Crippen molar-refractivity contribution in [2.75, 3.05) is 0 Å². The smallest absolute Gasteiger partial charge is 0.310 e. The van der Waals surface area contributed by atoms with Gasteiger partial charge in [0.15, 0.2) is 0 Å². The number of benzene rings is 1. The first-order chi connectivity index (χ1) is 11.5. The van der Waals surface area contributed by atoms with E-state index in [-0.39, 0.29) is 24.6 Å². The lowest BCUT2D eigenvalue weighted by Crippen LogP contribution is -2.17. The fourth-order valence-corrected chi connectivity index (χ4v) is 2.41. The summed E-state index contributed by atoms with van der Waals surface area (Å²) in [7, 11) is 0. The average molecular weight is 322 g/mol. The van der Waals surface area contributed by atoms with E-state index >= 15 is 0 Å². The molecule has 5 nitrogen and oxygen atoms in total. The quantitative estimate of drug-likeness (QED) is 0.693. The minimum absolute atomic E-state index is 0.00961. The molecule has 0 fully saturated rings. The Kier molecular flexibility index (Phi) is 4.42. The van der Waals surface area contributed by atoms with Gasteiger partial charge in [0.1, 0.15) is 12.3 Å². The molecule has 0 atom stereocenters. The minimum Gasteiger partial charge on any atom is -0.459 e. The Morgan fingerprint density at radius 3 is 2.54 bits per heavy atom. The van der Waals surface area contributed by atoms with E-state index < -0.39 is 0 Å². The molecular weight excluding hydrogens is 304 g/mol. The van der Waals surface area contributed by atoms with Gasteiger partial charge in [0.25, 0.3) is 5.56 Å². The van der Waals surface area contributed by atoms with Gasteiger partial charge in [-0.25, -0.2) is 4.98 Å². The highest BCUT2D eigenvalue weighted by atomic mass is 16.5. The van der Waals surface area contributed by atoms with E-state index in [4.69, 9.17) is 4.74 Å². The maximum Gasteiger partial charge on any atom is 0.310 e. The molecule has 0 spiro atoms. The third-order valence-corrected chi connectivity index (χ3v) is 3.71. The Labute approximate surface area is 139 Å². The fraction of sp³-hybridized carbons (Fsp3) is 0.211. The van der Waals surface area contributed by atoms with Crippen molar-refractivity contribution in [3.8, 4) is 0 Å². The highest BCUT2D eigenvalue weighted by Crippen LogP contribution is 2.07. The number of rotatable bonds is 4. The predicted octanol–water partition coefficient (Wildman–Crippen LogP) is 2.60. The Bertz CT molecular complexity index is 943. The summed E-state index contributed by atoms with van der Waals surface area (Å²) in [6, 6.07) is 12.8. The van der Waals surface area contributed by atoms with Crippen molar-refractivity contribution in [1.82, 2.24) is 9.38 Å². The monoisotopic (exact) mass is 322 g/mol. The largest absolute Gasteiger partial charge is 0.459 e. The van der Waals surface area contributed by atoms with Crippen molar-refractivity contribution in [1.29, 1.82) is 0 Å². The van der Waals surface area contributed by atoms with Crippen molar-refractivity contribution in [2.24, 2.45) is 0 Å². The molecule has 3 rings (SSSR count). The van der Waals surface area contributed by atoms with Gasteiger partial charge in [0, 0.05) is 12.3 Å². The molecular formula is C19H18N2O3. The molecule has 0 unspecified atom stereocenters. The lowest BCUT2D eigenvalue weighted by molar-refractivity contribution is -0.144. The number of aromatic nitrogens is 2. The standard InChI is InChI=1S/C19H18N2O3/c1-13-3-6-15(7-4-13)9-19(23)24-12-16-10-18(22)21-11-14(2)5-8-17(21)20-16/h3-8,10-11H,9,12H2,1-2H3. The summed E-state index contributed by atoms with van der Waals surface area (Å²) in [6.45, 7) is 3.89. The van der Waals surface area contributed by atoms with Gasteiger partial charge < -0.3 is 4.74 Å². The normalized spacial score (nSPS) is 10.8. The van der Waals surface area contributed by atoms with Gasteiger partial charge in [-0.1, -0.05) is 35.9 Å². The third kappa shape index (κ3) is 3.68. The van der Waals surface area contributed by atoms with E-state index in [0.717, 1.165) is 16.7 Å². The fourth-order valence-electron chi connectivity index (χ4n) is 2.41. The zero-order valence-corrected chi connectivity index (χ0v) is 13.7. The van der Waals surface area contributed by atoms with Crippen LogP contribution in [0, 0.1) is 13.8 Å². The topological polar surface area (TPSA) is 60.7 Å². The molecule has 0 aliphatic carbocycles. The van der Waals surface area contributed by atoms with Gasteiger partial charge in [-0.15, -0.1) is 0 Å². The van der Waals surface area contributed by atoms with E-state index in [1.54, 1.807) is 12.3 Å². The van der Waals surface area contributed by atoms with E-state index in [9.17, 15) is 9.59 Å². The minimum atomic E-state index is -0.343. The number of aryl methyl sites for hydroxylation is 2. The summed E-state index contributed by atoms with van der Waals surface area (Å²) >= 11 is 0. The summed E-state index contributed by atoms with van der Waals surface area (Å²) in [4.78, 5) is 28.4. The van der Waals surface area contributed by atoms with Crippen LogP contribution in [0.25, 0.3) is 5.65 Å². The van der Waals surface area contributed by atoms with E-state index in [1.807, 2.05) is 44.2 Å². The number of hydrogen-bond acceptors (Lipinski definition) is 4. The molecule has 122 valence electrons. The number of pyridine rings is 1. The summed E-state index contributed by atoms with van der Waals surface area (Å²) in [6.07, 6.45) is 1.93. The maximum absolute atomic E-state index is 12.1. The Balaban J connectivity index is 1.69. The first-order valence-electron chi connectivity index (χ1n) is 7.71. The van der Waals surface area contributed by atoms with Crippen molar-refractivity contribution in [2.45, 2.75) is 26.9 Å². The number of hydrogen-bond donors (Lipinski definition) is 0. The molecule has 0 N–H and O–H groups in total. The molecule has 24 heavy (non-hydrogen) atoms. The molecule has 0 amide bonds. The second kappa shape index (κ2) is 6.66. The lowest BCUT2D eigenvalue weighted by Gasteiger charge is -2.07. The zero-order chi connectivity index (χ0) is 17.1. The molecule has 3 aromatic rings. The van der Waals surface area contributed by atoms with E-state index in [2.05, 4.69) is 4.98 Å². The van der Waals surface area contributed by atoms with Crippen molar-refractivity contribution >= 4 is 11.6 Å². The number of esters is 1. The SMILES string of the molecule is Cc1ccc(CC(=O)OCc2cc(=O)n3cc(C)ccc3n2)cc1. The van der Waals surface area contributed by atoms with Crippen LogP contribution >= 0.6 is 0 Å². The second-order valence-corrected chi connectivity index (χ2v) is 5.84. The summed E-state index contributed by atoms with van der Waals surface area (Å²) < 4.78 is 6.72. The second-order valence-electron chi connectivity index (χ2n) is 5.84. The van der Waals surface area contributed by atoms with Crippen molar-refractivity contribution in [3.05, 3.63) is 81.4 Å². The maximum atomic E-state index is 12.1. The Morgan fingerprint density at radius 2 is 1.79 bits per heavy atom. The highest BCUT2D eigenvalue weighted by molar-refractivity contribution is 5.72. The first-order valence-corrected chi connectivity index (χ1v) is 7.71. The molecule has 0 saturated heterocycles. The number of carbonyl (C=O) groups excluding carboxylic acids is 1. The molecule has 0 bridgehead atoms. The van der Waals surface area contributed by atoms with Crippen LogP contribution in [0.5, 0.6) is 0 Å². The van der Waals surface area contributed by atoms with E-state index in [0.29, 0.717) is 11.3 Å². The lowest BCUT2D eigenvalue weighted by atomic mass is 10.1.